The van der Waals surface area contributed by atoms with Crippen LogP contribution in [0.4, 0.5) is 5.95 Å². The number of aromatic nitrogens is 2. The Hall–Kier alpha value is -1.69. The molecule has 2 N–H and O–H groups in total. The van der Waals surface area contributed by atoms with Gasteiger partial charge >= 0.3 is 0 Å². The van der Waals surface area contributed by atoms with Gasteiger partial charge in [0.05, 0.1) is 6.61 Å². The number of carbonyl (C=O) groups excluding carboxylic acids is 1. The van der Waals surface area contributed by atoms with Gasteiger partial charge in [0.25, 0.3) is 0 Å². The minimum Gasteiger partial charge on any atom is -0.383 e. The van der Waals surface area contributed by atoms with Crippen LogP contribution < -0.4 is 5.73 Å². The number of hydrogen-bond acceptors (Lipinski definition) is 5. The molecule has 104 valence electrons. The van der Waals surface area contributed by atoms with E-state index >= 15 is 0 Å². The zero-order valence-electron chi connectivity index (χ0n) is 11.4. The van der Waals surface area contributed by atoms with Gasteiger partial charge in [-0.15, -0.1) is 0 Å². The minimum atomic E-state index is 0.195. The molecule has 1 atom stereocenters. The van der Waals surface area contributed by atoms with E-state index in [1.807, 2.05) is 17.9 Å². The zero-order valence-corrected chi connectivity index (χ0v) is 11.4. The molecule has 0 bridgehead atoms. The second-order valence-corrected chi connectivity index (χ2v) is 4.97. The summed E-state index contributed by atoms with van der Waals surface area (Å²) in [5, 5.41) is 0. The molecule has 1 fully saturated rings. The molecule has 1 aliphatic rings. The molecule has 1 unspecified atom stereocenters. The average Bonchev–Trinajstić information content (AvgIpc) is 2.65. The van der Waals surface area contributed by atoms with Gasteiger partial charge in [0, 0.05) is 38.0 Å². The van der Waals surface area contributed by atoms with Crippen molar-refractivity contribution in [3.63, 3.8) is 0 Å². The topological polar surface area (TPSA) is 81.3 Å². The van der Waals surface area contributed by atoms with Crippen molar-refractivity contribution in [2.75, 3.05) is 32.5 Å². The van der Waals surface area contributed by atoms with Crippen molar-refractivity contribution in [3.8, 4) is 0 Å². The largest absolute Gasteiger partial charge is 0.383 e. The molecule has 0 radical (unpaired) electrons. The molecular formula is C13H20N4O2. The van der Waals surface area contributed by atoms with Crippen LogP contribution >= 0.6 is 0 Å². The summed E-state index contributed by atoms with van der Waals surface area (Å²) in [6.45, 7) is 3.91. The van der Waals surface area contributed by atoms with E-state index in [0.717, 1.165) is 24.4 Å². The maximum atomic E-state index is 11.8. The van der Waals surface area contributed by atoms with Gasteiger partial charge in [-0.05, 0) is 25.3 Å². The molecule has 2 rings (SSSR count). The molecular weight excluding hydrogens is 244 g/mol. The number of rotatable bonds is 5. The predicted octanol–water partition coefficient (Wildman–Crippen LogP) is 0.405. The van der Waals surface area contributed by atoms with Gasteiger partial charge in [-0.1, -0.05) is 0 Å². The molecule has 19 heavy (non-hydrogen) atoms. The number of nitrogens with zero attached hydrogens (tertiary/aromatic N) is 3. The lowest BCUT2D eigenvalue weighted by Gasteiger charge is -2.15. The van der Waals surface area contributed by atoms with Crippen LogP contribution in [-0.4, -0.2) is 47.6 Å². The number of likely N-dealkylation sites (tertiary alicyclic amines) is 1. The molecule has 6 heteroatoms. The predicted molar refractivity (Wildman–Crippen MR) is 71.4 cm³/mol. The highest BCUT2D eigenvalue weighted by atomic mass is 16.5. The highest BCUT2D eigenvalue weighted by Crippen LogP contribution is 2.21. The van der Waals surface area contributed by atoms with Crippen molar-refractivity contribution < 1.29 is 9.53 Å². The van der Waals surface area contributed by atoms with Crippen LogP contribution in [0, 0.1) is 12.8 Å². The summed E-state index contributed by atoms with van der Waals surface area (Å²) < 4.78 is 5.01. The maximum absolute atomic E-state index is 11.8. The molecule has 0 saturated carbocycles. The Bertz CT molecular complexity index is 444. The van der Waals surface area contributed by atoms with Crippen LogP contribution in [0.3, 0.4) is 0 Å². The van der Waals surface area contributed by atoms with E-state index < -0.39 is 0 Å². The molecule has 1 aromatic rings. The van der Waals surface area contributed by atoms with Crippen molar-refractivity contribution in [2.45, 2.75) is 19.8 Å². The van der Waals surface area contributed by atoms with Crippen molar-refractivity contribution in [2.24, 2.45) is 5.92 Å². The van der Waals surface area contributed by atoms with E-state index in [-0.39, 0.29) is 5.91 Å². The molecule has 6 nitrogen and oxygen atoms in total. The Morgan fingerprint density at radius 1 is 1.53 bits per heavy atom. The standard InChI is InChI=1S/C13H20N4O2/c1-9-5-11(16-13(14)15-9)6-10-7-12(18)17(8-10)3-4-19-2/h5,10H,3-4,6-8H2,1-2H3,(H2,14,15,16). The maximum Gasteiger partial charge on any atom is 0.223 e. The number of ether oxygens (including phenoxy) is 1. The smallest absolute Gasteiger partial charge is 0.223 e. The molecule has 2 heterocycles. The number of methoxy groups -OCH3 is 1. The van der Waals surface area contributed by atoms with Gasteiger partial charge in [0.1, 0.15) is 0 Å². The van der Waals surface area contributed by atoms with E-state index in [1.54, 1.807) is 7.11 Å². The van der Waals surface area contributed by atoms with E-state index in [0.29, 0.717) is 31.4 Å². The number of carbonyl (C=O) groups is 1. The van der Waals surface area contributed by atoms with Gasteiger partial charge in [-0.2, -0.15) is 0 Å². The van der Waals surface area contributed by atoms with Gasteiger partial charge in [-0.25, -0.2) is 9.97 Å². The first-order valence-corrected chi connectivity index (χ1v) is 6.45. The lowest BCUT2D eigenvalue weighted by Crippen LogP contribution is -2.29. The fourth-order valence-electron chi connectivity index (χ4n) is 2.47. The van der Waals surface area contributed by atoms with Crippen molar-refractivity contribution in [3.05, 3.63) is 17.5 Å². The number of aryl methyl sites for hydroxylation is 1. The van der Waals surface area contributed by atoms with Crippen LogP contribution in [0.15, 0.2) is 6.07 Å². The molecule has 0 aromatic carbocycles. The third-order valence-electron chi connectivity index (χ3n) is 3.28. The minimum absolute atomic E-state index is 0.195. The van der Waals surface area contributed by atoms with Gasteiger partial charge in [0.15, 0.2) is 0 Å². The zero-order chi connectivity index (χ0) is 13.8. The van der Waals surface area contributed by atoms with E-state index in [1.165, 1.54) is 0 Å². The van der Waals surface area contributed by atoms with E-state index in [4.69, 9.17) is 10.5 Å². The van der Waals surface area contributed by atoms with Gasteiger partial charge in [0.2, 0.25) is 11.9 Å². The fourth-order valence-corrected chi connectivity index (χ4v) is 2.47. The molecule has 0 spiro atoms. The fraction of sp³-hybridized carbons (Fsp3) is 0.615. The number of hydrogen-bond donors (Lipinski definition) is 1. The Kier molecular flexibility index (Phi) is 4.31. The first-order chi connectivity index (χ1) is 9.08. The summed E-state index contributed by atoms with van der Waals surface area (Å²) in [5.74, 6) is 0.800. The number of nitrogen functional groups attached to an aromatic ring is 1. The first kappa shape index (κ1) is 13.7. The Labute approximate surface area is 113 Å². The summed E-state index contributed by atoms with van der Waals surface area (Å²) in [5.41, 5.74) is 7.42. The summed E-state index contributed by atoms with van der Waals surface area (Å²) in [4.78, 5) is 22.0. The van der Waals surface area contributed by atoms with Crippen molar-refractivity contribution >= 4 is 11.9 Å². The highest BCUT2D eigenvalue weighted by Gasteiger charge is 2.29. The second kappa shape index (κ2) is 5.97. The number of nitrogens with two attached hydrogens (primary N) is 1. The van der Waals surface area contributed by atoms with Crippen LogP contribution in [0.5, 0.6) is 0 Å². The Morgan fingerprint density at radius 3 is 3.00 bits per heavy atom. The third-order valence-corrected chi connectivity index (χ3v) is 3.28. The summed E-state index contributed by atoms with van der Waals surface area (Å²) >= 11 is 0. The van der Waals surface area contributed by atoms with Crippen molar-refractivity contribution in [1.29, 1.82) is 0 Å². The van der Waals surface area contributed by atoms with Crippen LogP contribution in [0.1, 0.15) is 17.8 Å². The highest BCUT2D eigenvalue weighted by molar-refractivity contribution is 5.78. The van der Waals surface area contributed by atoms with Gasteiger partial charge in [-0.3, -0.25) is 4.79 Å². The summed E-state index contributed by atoms with van der Waals surface area (Å²) in [6, 6.07) is 1.93. The lowest BCUT2D eigenvalue weighted by molar-refractivity contribution is -0.128. The number of anilines is 1. The summed E-state index contributed by atoms with van der Waals surface area (Å²) in [6.07, 6.45) is 1.34. The van der Waals surface area contributed by atoms with Crippen LogP contribution in [0.25, 0.3) is 0 Å². The quantitative estimate of drug-likeness (QED) is 0.832. The van der Waals surface area contributed by atoms with Crippen LogP contribution in [0.2, 0.25) is 0 Å². The first-order valence-electron chi connectivity index (χ1n) is 6.45. The molecule has 1 aromatic heterocycles. The molecule has 1 amide bonds. The number of amides is 1. The van der Waals surface area contributed by atoms with Gasteiger partial charge < -0.3 is 15.4 Å². The van der Waals surface area contributed by atoms with E-state index in [9.17, 15) is 4.79 Å². The van der Waals surface area contributed by atoms with Crippen molar-refractivity contribution in [1.82, 2.24) is 14.9 Å². The SMILES string of the molecule is COCCN1CC(Cc2cc(C)nc(N)n2)CC1=O. The Balaban J connectivity index is 1.95. The lowest BCUT2D eigenvalue weighted by atomic mass is 10.0. The van der Waals surface area contributed by atoms with Crippen LogP contribution in [-0.2, 0) is 16.0 Å². The molecule has 0 aliphatic carbocycles. The average molecular weight is 264 g/mol. The van der Waals surface area contributed by atoms with E-state index in [2.05, 4.69) is 9.97 Å². The normalized spacial score (nSPS) is 19.2. The third kappa shape index (κ3) is 3.64. The summed E-state index contributed by atoms with van der Waals surface area (Å²) in [7, 11) is 1.64. The molecule has 1 aliphatic heterocycles. The molecule has 1 saturated heterocycles. The Morgan fingerprint density at radius 2 is 2.32 bits per heavy atom. The second-order valence-electron chi connectivity index (χ2n) is 4.97. The monoisotopic (exact) mass is 264 g/mol.